The molecule has 0 spiro atoms. The highest BCUT2D eigenvalue weighted by atomic mass is 19.4. The van der Waals surface area contributed by atoms with E-state index in [0.29, 0.717) is 6.54 Å². The third-order valence-corrected chi connectivity index (χ3v) is 5.42. The number of nitrogens with one attached hydrogen (secondary N) is 1. The third kappa shape index (κ3) is 7.90. The van der Waals surface area contributed by atoms with E-state index in [1.165, 1.54) is 12.1 Å². The van der Waals surface area contributed by atoms with Gasteiger partial charge in [-0.3, -0.25) is 0 Å². The van der Waals surface area contributed by atoms with Gasteiger partial charge in [0, 0.05) is 18.3 Å². The molecule has 1 N–H and O–H groups in total. The second kappa shape index (κ2) is 11.7. The van der Waals surface area contributed by atoms with Gasteiger partial charge in [-0.15, -0.1) is 0 Å². The van der Waals surface area contributed by atoms with Gasteiger partial charge >= 0.3 is 12.2 Å². The number of halogens is 3. The van der Waals surface area contributed by atoms with Crippen LogP contribution in [0.1, 0.15) is 44.7 Å². The summed E-state index contributed by atoms with van der Waals surface area (Å²) >= 11 is 0. The van der Waals surface area contributed by atoms with E-state index in [9.17, 15) is 18.0 Å². The molecule has 0 radical (unpaired) electrons. The van der Waals surface area contributed by atoms with E-state index >= 15 is 0 Å². The highest BCUT2D eigenvalue weighted by Gasteiger charge is 2.30. The molecule has 0 saturated heterocycles. The zero-order valence-electron chi connectivity index (χ0n) is 18.5. The van der Waals surface area contributed by atoms with Crippen molar-refractivity contribution >= 4 is 11.7 Å². The van der Waals surface area contributed by atoms with Gasteiger partial charge in [-0.1, -0.05) is 50.2 Å². The van der Waals surface area contributed by atoms with Crippen LogP contribution in [0.15, 0.2) is 54.6 Å². The van der Waals surface area contributed by atoms with Crippen LogP contribution < -0.4 is 5.32 Å². The largest absolute Gasteiger partial charge is 0.416 e. The fourth-order valence-electron chi connectivity index (χ4n) is 3.48. The predicted octanol–water partition coefficient (Wildman–Crippen LogP) is 6.25. The number of amides is 2. The van der Waals surface area contributed by atoms with Gasteiger partial charge in [0.1, 0.15) is 0 Å². The summed E-state index contributed by atoms with van der Waals surface area (Å²) < 4.78 is 39.0. The van der Waals surface area contributed by atoms with Gasteiger partial charge in [0.15, 0.2) is 0 Å². The number of nitrogens with zero attached hydrogens (tertiary/aromatic N) is 2. The standard InChI is InChI=1S/C24H32F3N3O/c1-4-29(5-2)16-10-11-19(3)30(18-20-12-7-6-8-13-20)23(31)28-22-15-9-14-21(17-22)24(25,26)27/h6-9,12-15,17,19H,4-5,10-11,16,18H2,1-3H3,(H,28,31). The Labute approximate surface area is 183 Å². The van der Waals surface area contributed by atoms with Crippen LogP contribution >= 0.6 is 0 Å². The van der Waals surface area contributed by atoms with E-state index < -0.39 is 17.8 Å². The first kappa shape index (κ1) is 24.7. The molecule has 31 heavy (non-hydrogen) atoms. The Kier molecular flexibility index (Phi) is 9.37. The lowest BCUT2D eigenvalue weighted by atomic mass is 10.1. The quantitative estimate of drug-likeness (QED) is 0.479. The molecule has 0 aliphatic heterocycles. The van der Waals surface area contributed by atoms with Gasteiger partial charge < -0.3 is 15.1 Å². The topological polar surface area (TPSA) is 35.6 Å². The molecule has 1 atom stereocenters. The van der Waals surface area contributed by atoms with Crippen LogP contribution in [0.4, 0.5) is 23.7 Å². The molecule has 2 aromatic carbocycles. The highest BCUT2D eigenvalue weighted by Crippen LogP contribution is 2.30. The Hall–Kier alpha value is -2.54. The maximum atomic E-state index is 13.1. The number of hydrogen-bond acceptors (Lipinski definition) is 2. The SMILES string of the molecule is CCN(CC)CCCC(C)N(Cc1ccccc1)C(=O)Nc1cccc(C(F)(F)F)c1. The number of alkyl halides is 3. The molecule has 0 aliphatic carbocycles. The molecule has 2 amide bonds. The average Bonchev–Trinajstić information content (AvgIpc) is 2.75. The van der Waals surface area contributed by atoms with Crippen LogP contribution in [0.25, 0.3) is 0 Å². The molecule has 0 bridgehead atoms. The Balaban J connectivity index is 2.12. The summed E-state index contributed by atoms with van der Waals surface area (Å²) in [5, 5.41) is 2.65. The summed E-state index contributed by atoms with van der Waals surface area (Å²) in [5.74, 6) is 0. The zero-order valence-corrected chi connectivity index (χ0v) is 18.5. The van der Waals surface area contributed by atoms with Crippen LogP contribution in [0, 0.1) is 0 Å². The van der Waals surface area contributed by atoms with E-state index in [-0.39, 0.29) is 11.7 Å². The first-order chi connectivity index (χ1) is 14.7. The molecule has 1 unspecified atom stereocenters. The van der Waals surface area contributed by atoms with E-state index in [1.807, 2.05) is 37.3 Å². The minimum atomic E-state index is -4.46. The molecule has 7 heteroatoms. The fraction of sp³-hybridized carbons (Fsp3) is 0.458. The van der Waals surface area contributed by atoms with Crippen molar-refractivity contribution in [3.8, 4) is 0 Å². The van der Waals surface area contributed by atoms with Crippen molar-refractivity contribution in [2.24, 2.45) is 0 Å². The van der Waals surface area contributed by atoms with Gasteiger partial charge in [0.05, 0.1) is 5.56 Å². The molecule has 0 saturated carbocycles. The fourth-order valence-corrected chi connectivity index (χ4v) is 3.48. The Morgan fingerprint density at radius 1 is 1.03 bits per heavy atom. The summed E-state index contributed by atoms with van der Waals surface area (Å²) in [6, 6.07) is 13.8. The van der Waals surface area contributed by atoms with Gasteiger partial charge in [-0.05, 0) is 63.2 Å². The maximum absolute atomic E-state index is 13.1. The molecule has 0 aliphatic rings. The zero-order chi connectivity index (χ0) is 22.9. The lowest BCUT2D eigenvalue weighted by molar-refractivity contribution is -0.137. The van der Waals surface area contributed by atoms with Crippen molar-refractivity contribution in [1.82, 2.24) is 9.80 Å². The van der Waals surface area contributed by atoms with E-state index in [2.05, 4.69) is 24.1 Å². The number of rotatable bonds is 10. The Morgan fingerprint density at radius 3 is 2.32 bits per heavy atom. The molecule has 2 aromatic rings. The summed E-state index contributed by atoms with van der Waals surface area (Å²) in [4.78, 5) is 17.1. The van der Waals surface area contributed by atoms with Crippen molar-refractivity contribution in [1.29, 1.82) is 0 Å². The number of anilines is 1. The van der Waals surface area contributed by atoms with Crippen molar-refractivity contribution in [3.63, 3.8) is 0 Å². The number of hydrogen-bond donors (Lipinski definition) is 1. The van der Waals surface area contributed by atoms with Crippen LogP contribution in [0.2, 0.25) is 0 Å². The van der Waals surface area contributed by atoms with Crippen molar-refractivity contribution in [3.05, 3.63) is 65.7 Å². The maximum Gasteiger partial charge on any atom is 0.416 e. The van der Waals surface area contributed by atoms with E-state index in [0.717, 1.165) is 50.2 Å². The van der Waals surface area contributed by atoms with Crippen LogP contribution in [0.5, 0.6) is 0 Å². The first-order valence-electron chi connectivity index (χ1n) is 10.8. The molecule has 0 aromatic heterocycles. The minimum Gasteiger partial charge on any atom is -0.318 e. The predicted molar refractivity (Wildman–Crippen MR) is 119 cm³/mol. The number of carbonyl (C=O) groups excluding carboxylic acids is 1. The number of benzene rings is 2. The smallest absolute Gasteiger partial charge is 0.318 e. The van der Waals surface area contributed by atoms with Gasteiger partial charge in [-0.25, -0.2) is 4.79 Å². The van der Waals surface area contributed by atoms with Crippen molar-refractivity contribution < 1.29 is 18.0 Å². The Morgan fingerprint density at radius 2 is 1.71 bits per heavy atom. The lowest BCUT2D eigenvalue weighted by Crippen LogP contribution is -2.41. The lowest BCUT2D eigenvalue weighted by Gasteiger charge is -2.30. The van der Waals surface area contributed by atoms with Gasteiger partial charge in [0.2, 0.25) is 0 Å². The molecule has 170 valence electrons. The Bertz CT molecular complexity index is 807. The molecular weight excluding hydrogens is 403 g/mol. The monoisotopic (exact) mass is 435 g/mol. The van der Waals surface area contributed by atoms with Gasteiger partial charge in [0.25, 0.3) is 0 Å². The van der Waals surface area contributed by atoms with Crippen LogP contribution in [-0.4, -0.2) is 41.5 Å². The van der Waals surface area contributed by atoms with Crippen LogP contribution in [-0.2, 0) is 12.7 Å². The second-order valence-electron chi connectivity index (χ2n) is 7.64. The van der Waals surface area contributed by atoms with E-state index in [1.54, 1.807) is 4.90 Å². The van der Waals surface area contributed by atoms with Gasteiger partial charge in [-0.2, -0.15) is 13.2 Å². The summed E-state index contributed by atoms with van der Waals surface area (Å²) in [6.07, 6.45) is -2.72. The van der Waals surface area contributed by atoms with Crippen LogP contribution in [0.3, 0.4) is 0 Å². The minimum absolute atomic E-state index is 0.0680. The number of carbonyl (C=O) groups is 1. The first-order valence-corrected chi connectivity index (χ1v) is 10.8. The summed E-state index contributed by atoms with van der Waals surface area (Å²) in [5.41, 5.74) is 0.317. The second-order valence-corrected chi connectivity index (χ2v) is 7.64. The molecule has 0 fully saturated rings. The summed E-state index contributed by atoms with van der Waals surface area (Å²) in [7, 11) is 0. The number of urea groups is 1. The third-order valence-electron chi connectivity index (χ3n) is 5.42. The highest BCUT2D eigenvalue weighted by molar-refractivity contribution is 5.89. The van der Waals surface area contributed by atoms with Crippen molar-refractivity contribution in [2.75, 3.05) is 25.0 Å². The summed E-state index contributed by atoms with van der Waals surface area (Å²) in [6.45, 7) is 9.53. The molecule has 4 nitrogen and oxygen atoms in total. The molecule has 2 rings (SSSR count). The molecule has 0 heterocycles. The molecular formula is C24H32F3N3O. The van der Waals surface area contributed by atoms with E-state index in [4.69, 9.17) is 0 Å². The van der Waals surface area contributed by atoms with Crippen molar-refractivity contribution in [2.45, 2.75) is 52.4 Å². The average molecular weight is 436 g/mol. The normalized spacial score (nSPS) is 12.6.